The quantitative estimate of drug-likeness (QED) is 0.416. The Morgan fingerprint density at radius 1 is 1.22 bits per heavy atom. The lowest BCUT2D eigenvalue weighted by atomic mass is 9.95. The Morgan fingerprint density at radius 3 is 2.58 bits per heavy atom. The van der Waals surface area contributed by atoms with Crippen molar-refractivity contribution in [2.45, 2.75) is 19.0 Å². The summed E-state index contributed by atoms with van der Waals surface area (Å²) in [6.45, 7) is -0.707. The second-order valence-electron chi connectivity index (χ2n) is 9.42. The second kappa shape index (κ2) is 7.70. The molecule has 3 amide bonds. The van der Waals surface area contributed by atoms with Crippen molar-refractivity contribution in [3.63, 3.8) is 0 Å². The zero-order valence-electron chi connectivity index (χ0n) is 18.5. The number of likely N-dealkylation sites (tertiary alicyclic amines) is 1. The van der Waals surface area contributed by atoms with E-state index in [0.717, 1.165) is 15.6 Å². The van der Waals surface area contributed by atoms with Crippen LogP contribution in [0.2, 0.25) is 0 Å². The molecule has 0 radical (unpaired) electrons. The van der Waals surface area contributed by atoms with Gasteiger partial charge in [-0.15, -0.1) is 0 Å². The van der Waals surface area contributed by atoms with E-state index in [-0.39, 0.29) is 42.3 Å². The van der Waals surface area contributed by atoms with Crippen LogP contribution < -0.4 is 15.8 Å². The normalized spacial score (nSPS) is 25.2. The van der Waals surface area contributed by atoms with E-state index in [0.29, 0.717) is 0 Å². The van der Waals surface area contributed by atoms with Crippen LogP contribution in [0.3, 0.4) is 0 Å². The van der Waals surface area contributed by atoms with E-state index < -0.39 is 60.2 Å². The Bertz CT molecular complexity index is 1330. The predicted octanol–water partition coefficient (Wildman–Crippen LogP) is 1.25. The van der Waals surface area contributed by atoms with Gasteiger partial charge in [0.1, 0.15) is 22.7 Å². The fourth-order valence-corrected chi connectivity index (χ4v) is 5.40. The number of halogens is 4. The summed E-state index contributed by atoms with van der Waals surface area (Å²) in [6.07, 6.45) is -5.61. The van der Waals surface area contributed by atoms with Crippen LogP contribution in [0.4, 0.5) is 28.0 Å². The zero-order valence-corrected chi connectivity index (χ0v) is 18.5. The molecule has 2 atom stereocenters. The van der Waals surface area contributed by atoms with E-state index in [1.54, 1.807) is 0 Å². The number of amides is 3. The number of nitrogens with one attached hydrogen (secondary N) is 2. The highest BCUT2D eigenvalue weighted by Gasteiger charge is 2.86. The Kier molecular flexibility index (Phi) is 5.06. The minimum absolute atomic E-state index is 0.0133. The smallest absolute Gasteiger partial charge is 0.407 e. The Balaban J connectivity index is 1.33. The number of hydrazine groups is 1. The lowest BCUT2D eigenvalue weighted by Crippen LogP contribution is -2.53. The van der Waals surface area contributed by atoms with Gasteiger partial charge in [-0.2, -0.15) is 23.5 Å². The van der Waals surface area contributed by atoms with Crippen molar-refractivity contribution in [1.82, 2.24) is 25.4 Å². The summed E-state index contributed by atoms with van der Waals surface area (Å²) in [4.78, 5) is 38.2. The third-order valence-electron chi connectivity index (χ3n) is 7.36. The highest BCUT2D eigenvalue weighted by Crippen LogP contribution is 2.75. The summed E-state index contributed by atoms with van der Waals surface area (Å²) in [6, 6.07) is 4.46. The number of piperidine rings is 1. The van der Waals surface area contributed by atoms with Crippen molar-refractivity contribution in [3.05, 3.63) is 29.8 Å². The summed E-state index contributed by atoms with van der Waals surface area (Å²) >= 11 is 0. The largest absolute Gasteiger partial charge is 0.465 e. The number of carboxylic acid groups (broad SMARTS) is 1. The molecule has 2 aromatic heterocycles. The third-order valence-corrected chi connectivity index (χ3v) is 7.36. The first-order valence-electron chi connectivity index (χ1n) is 10.9. The molecule has 4 heterocycles. The van der Waals surface area contributed by atoms with E-state index in [2.05, 4.69) is 16.0 Å². The number of hydrogen-bond donors (Lipinski definition) is 3. The topological polar surface area (TPSA) is 143 Å². The van der Waals surface area contributed by atoms with Crippen molar-refractivity contribution in [2.24, 2.45) is 16.7 Å². The number of alkyl halides is 3. The molecule has 15 heteroatoms. The molecule has 2 saturated heterocycles. The fourth-order valence-electron chi connectivity index (χ4n) is 5.40. The SMILES string of the molecule is N#Cc1ccc(N2C[C@]3(C(=O)NNC(=O)CC4CN(C(=O)O)C4)C[C@]3(C(F)(F)F)C2)c2c(F)cnn12. The number of rotatable bonds is 4. The van der Waals surface area contributed by atoms with Gasteiger partial charge in [-0.25, -0.2) is 13.7 Å². The molecule has 2 aliphatic heterocycles. The maximum atomic E-state index is 14.5. The zero-order chi connectivity index (χ0) is 26.0. The Labute approximate surface area is 200 Å². The molecule has 0 bridgehead atoms. The maximum Gasteiger partial charge on any atom is 0.407 e. The third kappa shape index (κ3) is 3.31. The van der Waals surface area contributed by atoms with Gasteiger partial charge in [0.15, 0.2) is 5.82 Å². The molecule has 0 aromatic carbocycles. The van der Waals surface area contributed by atoms with Gasteiger partial charge in [0.05, 0.1) is 17.3 Å². The summed E-state index contributed by atoms with van der Waals surface area (Å²) < 4.78 is 58.0. The van der Waals surface area contributed by atoms with Crippen LogP contribution in [-0.2, 0) is 9.59 Å². The second-order valence-corrected chi connectivity index (χ2v) is 9.42. The molecule has 3 aliphatic rings. The average Bonchev–Trinajstić information content (AvgIpc) is 3.10. The molecule has 3 fully saturated rings. The van der Waals surface area contributed by atoms with Gasteiger partial charge < -0.3 is 14.9 Å². The average molecular weight is 509 g/mol. The van der Waals surface area contributed by atoms with Crippen LogP contribution in [-0.4, -0.2) is 69.9 Å². The number of nitrogens with zero attached hydrogens (tertiary/aromatic N) is 5. The van der Waals surface area contributed by atoms with E-state index >= 15 is 0 Å². The van der Waals surface area contributed by atoms with Crippen LogP contribution in [0, 0.1) is 33.9 Å². The minimum atomic E-state index is -4.75. The Morgan fingerprint density at radius 2 is 1.94 bits per heavy atom. The number of hydrogen-bond acceptors (Lipinski definition) is 6. The number of pyridine rings is 1. The first-order chi connectivity index (χ1) is 16.9. The van der Waals surface area contributed by atoms with Crippen molar-refractivity contribution < 1.29 is 37.1 Å². The van der Waals surface area contributed by atoms with Crippen molar-refractivity contribution in [1.29, 1.82) is 5.26 Å². The molecule has 2 aromatic rings. The van der Waals surface area contributed by atoms with E-state index in [4.69, 9.17) is 5.11 Å². The summed E-state index contributed by atoms with van der Waals surface area (Å²) in [5, 5.41) is 21.8. The van der Waals surface area contributed by atoms with Gasteiger partial charge in [-0.3, -0.25) is 20.4 Å². The van der Waals surface area contributed by atoms with Crippen LogP contribution in [0.15, 0.2) is 18.3 Å². The first-order valence-corrected chi connectivity index (χ1v) is 10.9. The molecule has 1 saturated carbocycles. The van der Waals surface area contributed by atoms with Gasteiger partial charge in [-0.1, -0.05) is 0 Å². The monoisotopic (exact) mass is 509 g/mol. The number of anilines is 1. The molecule has 1 aliphatic carbocycles. The molecule has 36 heavy (non-hydrogen) atoms. The van der Waals surface area contributed by atoms with Crippen molar-refractivity contribution in [3.8, 4) is 6.07 Å². The lowest BCUT2D eigenvalue weighted by Gasteiger charge is -2.36. The van der Waals surface area contributed by atoms with Crippen LogP contribution in [0.5, 0.6) is 0 Å². The summed E-state index contributed by atoms with van der Waals surface area (Å²) in [5.41, 5.74) is -0.209. The summed E-state index contributed by atoms with van der Waals surface area (Å²) in [5.74, 6) is -2.75. The van der Waals surface area contributed by atoms with E-state index in [9.17, 15) is 37.2 Å². The van der Waals surface area contributed by atoms with Crippen molar-refractivity contribution in [2.75, 3.05) is 31.1 Å². The minimum Gasteiger partial charge on any atom is -0.465 e. The number of nitriles is 1. The molecule has 190 valence electrons. The standard InChI is InChI=1S/C21H19F4N7O4/c22-13-5-27-32-12(4-26)1-2-14(16(13)32)31-9-19(8-20(19,10-31)21(23,24)25)17(34)29-28-15(33)3-11-6-30(7-11)18(35)36/h1-2,5,11H,3,6-10H2,(H,28,33)(H,29,34)(H,35,36)/t19-,20-/m0/s1. The molecular formula is C21H19F4N7O4. The molecule has 5 rings (SSSR count). The number of carbonyl (C=O) groups excluding carboxylic acids is 2. The van der Waals surface area contributed by atoms with Crippen molar-refractivity contribution >= 4 is 29.1 Å². The van der Waals surface area contributed by atoms with Crippen LogP contribution >= 0.6 is 0 Å². The lowest BCUT2D eigenvalue weighted by molar-refractivity contribution is -0.191. The predicted molar refractivity (Wildman–Crippen MR) is 112 cm³/mol. The van der Waals surface area contributed by atoms with Gasteiger partial charge in [0, 0.05) is 38.5 Å². The summed E-state index contributed by atoms with van der Waals surface area (Å²) in [7, 11) is 0. The molecule has 11 nitrogen and oxygen atoms in total. The number of fused-ring (bicyclic) bond motifs is 2. The highest BCUT2D eigenvalue weighted by atomic mass is 19.4. The van der Waals surface area contributed by atoms with Gasteiger partial charge in [0.25, 0.3) is 0 Å². The Hall–Kier alpha value is -4.09. The highest BCUT2D eigenvalue weighted by molar-refractivity contribution is 5.92. The van der Waals surface area contributed by atoms with Gasteiger partial charge in [-0.05, 0) is 18.6 Å². The number of aromatic nitrogens is 2. The first kappa shape index (κ1) is 23.6. The molecule has 0 spiro atoms. The van der Waals surface area contributed by atoms with Crippen LogP contribution in [0.1, 0.15) is 18.5 Å². The van der Waals surface area contributed by atoms with E-state index in [1.807, 2.05) is 6.07 Å². The molecular weight excluding hydrogens is 490 g/mol. The fraction of sp³-hybridized carbons (Fsp3) is 0.476. The maximum absolute atomic E-state index is 14.5. The number of carbonyl (C=O) groups is 3. The molecule has 3 N–H and O–H groups in total. The van der Waals surface area contributed by atoms with Gasteiger partial charge >= 0.3 is 12.3 Å². The molecule has 0 unspecified atom stereocenters. The van der Waals surface area contributed by atoms with E-state index in [1.165, 1.54) is 17.0 Å². The van der Waals surface area contributed by atoms with Crippen LogP contribution in [0.25, 0.3) is 5.52 Å². The van der Waals surface area contributed by atoms with Gasteiger partial charge in [0.2, 0.25) is 11.8 Å².